The lowest BCUT2D eigenvalue weighted by Crippen LogP contribution is -2.35. The number of ether oxygens (including phenoxy) is 1. The topological polar surface area (TPSA) is 126 Å². The number of halogens is 3. The molecular formula is C19H19F3N4O4. The zero-order valence-electron chi connectivity index (χ0n) is 15.4. The monoisotopic (exact) mass is 424 g/mol. The summed E-state index contributed by atoms with van der Waals surface area (Å²) in [5, 5.41) is 35.2. The number of amidine groups is 1. The fourth-order valence-corrected chi connectivity index (χ4v) is 3.76. The lowest BCUT2D eigenvalue weighted by Gasteiger charge is -2.22. The van der Waals surface area contributed by atoms with Crippen molar-refractivity contribution in [2.24, 2.45) is 15.9 Å². The standard InChI is InChI=1S/C19H19F3N4O4/c20-19(21,22)10-3-1-9(2-4-10)13(27)16-14(28)15(29)18(30-16)26-8-6-11-12(26)5-7-24-17(11)25-23/h1-4,6-8,13-16,18,27-29H,5,23H2/b25-17-/t13-,14+,15-,16-,18-/m1/s1. The highest BCUT2D eigenvalue weighted by molar-refractivity contribution is 6.06. The van der Waals surface area contributed by atoms with E-state index >= 15 is 0 Å². The average molecular weight is 424 g/mol. The molecule has 160 valence electrons. The number of hydrazone groups is 1. The van der Waals surface area contributed by atoms with Crippen molar-refractivity contribution in [1.29, 1.82) is 0 Å². The minimum absolute atomic E-state index is 0.124. The van der Waals surface area contributed by atoms with Crippen LogP contribution < -0.4 is 5.84 Å². The number of aliphatic imine (C=N–C) groups is 1. The van der Waals surface area contributed by atoms with Crippen molar-refractivity contribution in [3.63, 3.8) is 0 Å². The summed E-state index contributed by atoms with van der Waals surface area (Å²) in [4.78, 5) is 4.08. The highest BCUT2D eigenvalue weighted by atomic mass is 19.4. The van der Waals surface area contributed by atoms with Gasteiger partial charge >= 0.3 is 6.18 Å². The van der Waals surface area contributed by atoms with E-state index in [-0.39, 0.29) is 5.56 Å². The van der Waals surface area contributed by atoms with Gasteiger partial charge in [-0.25, -0.2) is 4.99 Å². The Balaban J connectivity index is 1.58. The fourth-order valence-electron chi connectivity index (χ4n) is 3.76. The van der Waals surface area contributed by atoms with Crippen molar-refractivity contribution < 1.29 is 33.2 Å². The van der Waals surface area contributed by atoms with Crippen molar-refractivity contribution in [3.8, 4) is 0 Å². The van der Waals surface area contributed by atoms with E-state index in [9.17, 15) is 28.5 Å². The Kier molecular flexibility index (Phi) is 5.14. The van der Waals surface area contributed by atoms with E-state index in [0.717, 1.165) is 24.3 Å². The molecule has 8 nitrogen and oxygen atoms in total. The minimum Gasteiger partial charge on any atom is -0.387 e. The summed E-state index contributed by atoms with van der Waals surface area (Å²) in [7, 11) is 0. The number of aromatic nitrogens is 1. The van der Waals surface area contributed by atoms with Gasteiger partial charge in [0.2, 0.25) is 0 Å². The molecule has 1 fully saturated rings. The predicted molar refractivity (Wildman–Crippen MR) is 99.7 cm³/mol. The van der Waals surface area contributed by atoms with Gasteiger partial charge in [0.1, 0.15) is 24.4 Å². The summed E-state index contributed by atoms with van der Waals surface area (Å²) < 4.78 is 45.6. The number of benzene rings is 1. The van der Waals surface area contributed by atoms with E-state index in [0.29, 0.717) is 23.5 Å². The molecule has 0 saturated carbocycles. The summed E-state index contributed by atoms with van der Waals surface area (Å²) in [5.74, 6) is 5.64. The molecule has 0 spiro atoms. The van der Waals surface area contributed by atoms with Crippen LogP contribution in [0, 0.1) is 0 Å². The first kappa shape index (κ1) is 20.5. The molecule has 1 aromatic carbocycles. The summed E-state index contributed by atoms with van der Waals surface area (Å²) in [6, 6.07) is 5.59. The number of nitrogens with zero attached hydrogens (tertiary/aromatic N) is 3. The molecular weight excluding hydrogens is 405 g/mol. The van der Waals surface area contributed by atoms with Crippen LogP contribution >= 0.6 is 0 Å². The molecule has 1 aromatic heterocycles. The van der Waals surface area contributed by atoms with Crippen molar-refractivity contribution in [1.82, 2.24) is 4.57 Å². The second-order valence-corrected chi connectivity index (χ2v) is 7.09. The SMILES string of the molecule is N/N=C1\N=CCc2c1ccn2[C@@H]1O[C@H]([C@H](O)c2ccc(C(F)(F)F)cc2)[C@@H](O)[C@H]1O. The van der Waals surface area contributed by atoms with Gasteiger partial charge in [-0.3, -0.25) is 0 Å². The quantitative estimate of drug-likeness (QED) is 0.434. The van der Waals surface area contributed by atoms with Crippen LogP contribution in [0.25, 0.3) is 0 Å². The molecule has 5 N–H and O–H groups in total. The highest BCUT2D eigenvalue weighted by Crippen LogP contribution is 2.38. The van der Waals surface area contributed by atoms with Crippen LogP contribution in [0.1, 0.15) is 34.7 Å². The Bertz CT molecular complexity index is 987. The third kappa shape index (κ3) is 3.39. The first-order valence-corrected chi connectivity index (χ1v) is 9.09. The highest BCUT2D eigenvalue weighted by Gasteiger charge is 2.47. The summed E-state index contributed by atoms with van der Waals surface area (Å²) >= 11 is 0. The van der Waals surface area contributed by atoms with Gasteiger partial charge in [0.05, 0.1) is 5.56 Å². The van der Waals surface area contributed by atoms with E-state index in [1.54, 1.807) is 23.0 Å². The molecule has 5 atom stereocenters. The summed E-state index contributed by atoms with van der Waals surface area (Å²) in [6.07, 6.45) is -7.45. The largest absolute Gasteiger partial charge is 0.416 e. The Morgan fingerprint density at radius 3 is 2.50 bits per heavy atom. The van der Waals surface area contributed by atoms with Gasteiger partial charge in [0, 0.05) is 30.1 Å². The molecule has 1 saturated heterocycles. The van der Waals surface area contributed by atoms with Gasteiger partial charge in [-0.05, 0) is 23.8 Å². The molecule has 0 radical (unpaired) electrons. The van der Waals surface area contributed by atoms with E-state index in [1.807, 2.05) is 0 Å². The zero-order chi connectivity index (χ0) is 21.6. The molecule has 0 aliphatic carbocycles. The van der Waals surface area contributed by atoms with Crippen molar-refractivity contribution in [3.05, 3.63) is 58.9 Å². The number of hydrogen-bond acceptors (Lipinski definition) is 6. The smallest absolute Gasteiger partial charge is 0.387 e. The second-order valence-electron chi connectivity index (χ2n) is 7.09. The Labute approximate surface area is 168 Å². The zero-order valence-corrected chi connectivity index (χ0v) is 15.4. The Hall–Kier alpha value is -2.73. The molecule has 4 rings (SSSR count). The third-order valence-electron chi connectivity index (χ3n) is 5.33. The summed E-state index contributed by atoms with van der Waals surface area (Å²) in [6.45, 7) is 0. The molecule has 2 aromatic rings. The maximum atomic E-state index is 12.7. The van der Waals surface area contributed by atoms with Crippen LogP contribution in [0.15, 0.2) is 46.6 Å². The van der Waals surface area contributed by atoms with Crippen LogP contribution in [0.5, 0.6) is 0 Å². The Morgan fingerprint density at radius 2 is 1.87 bits per heavy atom. The predicted octanol–water partition coefficient (Wildman–Crippen LogP) is 1.11. The van der Waals surface area contributed by atoms with Gasteiger partial charge in [0.25, 0.3) is 0 Å². The number of aliphatic hydroxyl groups excluding tert-OH is 3. The van der Waals surface area contributed by atoms with Gasteiger partial charge in [0.15, 0.2) is 12.1 Å². The number of aliphatic hydroxyl groups is 3. The van der Waals surface area contributed by atoms with Crippen LogP contribution in [0.2, 0.25) is 0 Å². The van der Waals surface area contributed by atoms with Crippen LogP contribution in [-0.4, -0.2) is 50.2 Å². The minimum atomic E-state index is -4.50. The average Bonchev–Trinajstić information content (AvgIpc) is 3.28. The number of fused-ring (bicyclic) bond motifs is 1. The van der Waals surface area contributed by atoms with Crippen molar-refractivity contribution in [2.45, 2.75) is 43.2 Å². The molecule has 2 aliphatic rings. The Morgan fingerprint density at radius 1 is 1.17 bits per heavy atom. The third-order valence-corrected chi connectivity index (χ3v) is 5.33. The van der Waals surface area contributed by atoms with Crippen LogP contribution in [0.3, 0.4) is 0 Å². The van der Waals surface area contributed by atoms with Gasteiger partial charge in [-0.15, -0.1) is 0 Å². The van der Waals surface area contributed by atoms with Crippen LogP contribution in [-0.2, 0) is 17.3 Å². The normalized spacial score (nSPS) is 28.7. The van der Waals surface area contributed by atoms with Gasteiger partial charge in [-0.1, -0.05) is 12.1 Å². The summed E-state index contributed by atoms with van der Waals surface area (Å²) in [5.41, 5.74) is 0.619. The molecule has 2 aliphatic heterocycles. The second kappa shape index (κ2) is 7.51. The van der Waals surface area contributed by atoms with E-state index in [2.05, 4.69) is 10.1 Å². The van der Waals surface area contributed by atoms with E-state index in [1.165, 1.54) is 0 Å². The molecule has 0 amide bonds. The fraction of sp³-hybridized carbons (Fsp3) is 0.368. The first-order valence-electron chi connectivity index (χ1n) is 9.09. The first-order chi connectivity index (χ1) is 14.2. The molecule has 0 bridgehead atoms. The number of hydrogen-bond donors (Lipinski definition) is 4. The lowest BCUT2D eigenvalue weighted by molar-refractivity contribution is -0.137. The van der Waals surface area contributed by atoms with Crippen molar-refractivity contribution >= 4 is 12.1 Å². The molecule has 0 unspecified atom stereocenters. The van der Waals surface area contributed by atoms with Gasteiger partial charge < -0.3 is 30.5 Å². The number of nitrogens with two attached hydrogens (primary N) is 1. The lowest BCUT2D eigenvalue weighted by atomic mass is 9.98. The molecule has 30 heavy (non-hydrogen) atoms. The number of rotatable bonds is 3. The van der Waals surface area contributed by atoms with Crippen LogP contribution in [0.4, 0.5) is 13.2 Å². The van der Waals surface area contributed by atoms with Crippen molar-refractivity contribution in [2.75, 3.05) is 0 Å². The number of alkyl halides is 3. The maximum absolute atomic E-state index is 12.7. The van der Waals surface area contributed by atoms with E-state index in [4.69, 9.17) is 10.6 Å². The molecule has 11 heteroatoms. The van der Waals surface area contributed by atoms with Gasteiger partial charge in [-0.2, -0.15) is 18.3 Å². The maximum Gasteiger partial charge on any atom is 0.416 e. The van der Waals surface area contributed by atoms with E-state index < -0.39 is 42.4 Å². The molecule has 3 heterocycles.